The summed E-state index contributed by atoms with van der Waals surface area (Å²) in [6.07, 6.45) is 5.03. The summed E-state index contributed by atoms with van der Waals surface area (Å²) in [5, 5.41) is 10.9. The second kappa shape index (κ2) is 7.48. The number of ether oxygens (including phenoxy) is 2. The van der Waals surface area contributed by atoms with E-state index in [4.69, 9.17) is 9.47 Å². The Bertz CT molecular complexity index is 918. The molecule has 1 amide bonds. The van der Waals surface area contributed by atoms with Crippen molar-refractivity contribution >= 4 is 17.6 Å². The molecular formula is C18H18N4O3. The minimum Gasteiger partial charge on any atom is -0.493 e. The van der Waals surface area contributed by atoms with E-state index in [2.05, 4.69) is 15.5 Å². The number of benzene rings is 1. The molecule has 7 nitrogen and oxygen atoms in total. The molecule has 2 aromatic heterocycles. The van der Waals surface area contributed by atoms with Crippen molar-refractivity contribution in [2.45, 2.75) is 6.54 Å². The zero-order valence-corrected chi connectivity index (χ0v) is 14.0. The lowest BCUT2D eigenvalue weighted by molar-refractivity contribution is -0.116. The predicted molar refractivity (Wildman–Crippen MR) is 93.4 cm³/mol. The van der Waals surface area contributed by atoms with Crippen LogP contribution < -0.4 is 14.8 Å². The fraction of sp³-hybridized carbons (Fsp3) is 0.167. The predicted octanol–water partition coefficient (Wildman–Crippen LogP) is 2.08. The Kier molecular flexibility index (Phi) is 4.94. The molecule has 0 bridgehead atoms. The monoisotopic (exact) mass is 338 g/mol. The largest absolute Gasteiger partial charge is 0.493 e. The van der Waals surface area contributed by atoms with Crippen molar-refractivity contribution < 1.29 is 14.3 Å². The van der Waals surface area contributed by atoms with Crippen molar-refractivity contribution in [2.24, 2.45) is 0 Å². The Labute approximate surface area is 144 Å². The van der Waals surface area contributed by atoms with Gasteiger partial charge in [-0.15, -0.1) is 10.2 Å². The Hall–Kier alpha value is -3.35. The number of hydrogen-bond acceptors (Lipinski definition) is 5. The van der Waals surface area contributed by atoms with Gasteiger partial charge < -0.3 is 14.8 Å². The number of carbonyl (C=O) groups excluding carboxylic acids is 1. The van der Waals surface area contributed by atoms with Crippen LogP contribution >= 0.6 is 0 Å². The van der Waals surface area contributed by atoms with Gasteiger partial charge in [0.1, 0.15) is 0 Å². The number of amides is 1. The molecule has 0 atom stereocenters. The molecule has 1 aromatic carbocycles. The van der Waals surface area contributed by atoms with Crippen LogP contribution in [0, 0.1) is 0 Å². The first-order valence-corrected chi connectivity index (χ1v) is 7.68. The van der Waals surface area contributed by atoms with Crippen LogP contribution in [0.1, 0.15) is 11.4 Å². The van der Waals surface area contributed by atoms with Crippen LogP contribution in [0.5, 0.6) is 11.5 Å². The van der Waals surface area contributed by atoms with E-state index >= 15 is 0 Å². The maximum atomic E-state index is 12.0. The van der Waals surface area contributed by atoms with Gasteiger partial charge in [-0.1, -0.05) is 12.1 Å². The van der Waals surface area contributed by atoms with Gasteiger partial charge in [0, 0.05) is 12.3 Å². The average molecular weight is 338 g/mol. The Morgan fingerprint density at radius 1 is 1.16 bits per heavy atom. The third-order valence-electron chi connectivity index (χ3n) is 3.64. The Balaban J connectivity index is 1.63. The molecule has 0 fully saturated rings. The first kappa shape index (κ1) is 16.5. The topological polar surface area (TPSA) is 77.8 Å². The first-order chi connectivity index (χ1) is 12.2. The highest BCUT2D eigenvalue weighted by atomic mass is 16.5. The maximum Gasteiger partial charge on any atom is 0.244 e. The van der Waals surface area contributed by atoms with Crippen molar-refractivity contribution in [1.29, 1.82) is 0 Å². The average Bonchev–Trinajstić information content (AvgIpc) is 3.07. The van der Waals surface area contributed by atoms with Gasteiger partial charge in [0.25, 0.3) is 0 Å². The number of fused-ring (bicyclic) bond motifs is 1. The van der Waals surface area contributed by atoms with E-state index in [9.17, 15) is 4.79 Å². The van der Waals surface area contributed by atoms with Gasteiger partial charge in [-0.3, -0.25) is 9.20 Å². The molecule has 0 aliphatic heterocycles. The van der Waals surface area contributed by atoms with E-state index in [1.807, 2.05) is 34.9 Å². The minimum absolute atomic E-state index is 0.220. The highest BCUT2D eigenvalue weighted by molar-refractivity contribution is 5.91. The molecule has 0 unspecified atom stereocenters. The smallest absolute Gasteiger partial charge is 0.244 e. The van der Waals surface area contributed by atoms with E-state index in [-0.39, 0.29) is 5.91 Å². The van der Waals surface area contributed by atoms with Crippen LogP contribution in [-0.4, -0.2) is 34.7 Å². The molecule has 0 saturated heterocycles. The summed E-state index contributed by atoms with van der Waals surface area (Å²) in [4.78, 5) is 12.0. The summed E-state index contributed by atoms with van der Waals surface area (Å²) in [5.74, 6) is 1.70. The fourth-order valence-electron chi connectivity index (χ4n) is 2.36. The summed E-state index contributed by atoms with van der Waals surface area (Å²) in [7, 11) is 3.15. The molecule has 0 saturated carbocycles. The van der Waals surface area contributed by atoms with Crippen LogP contribution in [0.4, 0.5) is 0 Å². The number of aromatic nitrogens is 3. The normalized spacial score (nSPS) is 11.0. The van der Waals surface area contributed by atoms with E-state index in [1.54, 1.807) is 32.4 Å². The van der Waals surface area contributed by atoms with E-state index in [1.165, 1.54) is 6.08 Å². The fourth-order valence-corrected chi connectivity index (χ4v) is 2.36. The number of carbonyl (C=O) groups is 1. The number of nitrogens with one attached hydrogen (secondary N) is 1. The quantitative estimate of drug-likeness (QED) is 0.696. The van der Waals surface area contributed by atoms with Crippen LogP contribution in [0.15, 0.2) is 48.7 Å². The molecule has 25 heavy (non-hydrogen) atoms. The van der Waals surface area contributed by atoms with Gasteiger partial charge in [0.05, 0.1) is 20.8 Å². The summed E-state index contributed by atoms with van der Waals surface area (Å²) < 4.78 is 12.3. The van der Waals surface area contributed by atoms with Crippen LogP contribution in [0.2, 0.25) is 0 Å². The van der Waals surface area contributed by atoms with Crippen LogP contribution in [0.25, 0.3) is 11.7 Å². The Morgan fingerprint density at radius 3 is 2.80 bits per heavy atom. The summed E-state index contributed by atoms with van der Waals surface area (Å²) in [5.41, 5.74) is 1.58. The number of methoxy groups -OCH3 is 2. The summed E-state index contributed by atoms with van der Waals surface area (Å²) in [6.45, 7) is 0.292. The van der Waals surface area contributed by atoms with Crippen molar-refractivity contribution in [1.82, 2.24) is 19.9 Å². The van der Waals surface area contributed by atoms with Crippen LogP contribution in [-0.2, 0) is 11.3 Å². The highest BCUT2D eigenvalue weighted by Crippen LogP contribution is 2.27. The molecular weight excluding hydrogens is 320 g/mol. The van der Waals surface area contributed by atoms with Gasteiger partial charge in [-0.2, -0.15) is 0 Å². The second-order valence-electron chi connectivity index (χ2n) is 5.21. The lowest BCUT2D eigenvalue weighted by Crippen LogP contribution is -2.21. The molecule has 3 aromatic rings. The van der Waals surface area contributed by atoms with Gasteiger partial charge in [-0.25, -0.2) is 0 Å². The third-order valence-corrected chi connectivity index (χ3v) is 3.64. The minimum atomic E-state index is -0.220. The third kappa shape index (κ3) is 3.77. The molecule has 0 aliphatic rings. The molecule has 2 heterocycles. The lowest BCUT2D eigenvalue weighted by atomic mass is 10.2. The SMILES string of the molecule is COc1ccc(/C=C/C(=O)NCc2nnc3ccccn23)cc1OC. The standard InChI is InChI=1S/C18H18N4O3/c1-24-14-8-6-13(11-15(14)25-2)7-9-18(23)19-12-17-21-20-16-5-3-4-10-22(16)17/h3-11H,12H2,1-2H3,(H,19,23)/b9-7+. The van der Waals surface area contributed by atoms with Crippen molar-refractivity contribution in [3.05, 3.63) is 60.1 Å². The van der Waals surface area contributed by atoms with Gasteiger partial charge in [-0.05, 0) is 35.9 Å². The molecule has 7 heteroatoms. The summed E-state index contributed by atoms with van der Waals surface area (Å²) >= 11 is 0. The van der Waals surface area contributed by atoms with Gasteiger partial charge in [0.15, 0.2) is 23.0 Å². The molecule has 0 spiro atoms. The number of hydrogen-bond donors (Lipinski definition) is 1. The lowest BCUT2D eigenvalue weighted by Gasteiger charge is -2.07. The molecule has 0 aliphatic carbocycles. The number of nitrogens with zero attached hydrogens (tertiary/aromatic N) is 3. The van der Waals surface area contributed by atoms with Crippen LogP contribution in [0.3, 0.4) is 0 Å². The van der Waals surface area contributed by atoms with Gasteiger partial charge >= 0.3 is 0 Å². The molecule has 0 radical (unpaired) electrons. The maximum absolute atomic E-state index is 12.0. The van der Waals surface area contributed by atoms with Crippen molar-refractivity contribution in [3.63, 3.8) is 0 Å². The highest BCUT2D eigenvalue weighted by Gasteiger charge is 2.06. The Morgan fingerprint density at radius 2 is 2.00 bits per heavy atom. The second-order valence-corrected chi connectivity index (χ2v) is 5.21. The molecule has 128 valence electrons. The van der Waals surface area contributed by atoms with E-state index in [0.29, 0.717) is 23.9 Å². The van der Waals surface area contributed by atoms with Gasteiger partial charge in [0.2, 0.25) is 5.91 Å². The van der Waals surface area contributed by atoms with E-state index in [0.717, 1.165) is 11.2 Å². The van der Waals surface area contributed by atoms with E-state index < -0.39 is 0 Å². The number of pyridine rings is 1. The number of rotatable bonds is 6. The molecule has 1 N–H and O–H groups in total. The van der Waals surface area contributed by atoms with Crippen molar-refractivity contribution in [3.8, 4) is 11.5 Å². The first-order valence-electron chi connectivity index (χ1n) is 7.68. The van der Waals surface area contributed by atoms with Crippen molar-refractivity contribution in [2.75, 3.05) is 14.2 Å². The zero-order chi connectivity index (χ0) is 17.6. The summed E-state index contributed by atoms with van der Waals surface area (Å²) in [6, 6.07) is 11.1. The molecule has 3 rings (SSSR count). The zero-order valence-electron chi connectivity index (χ0n) is 14.0.